The zero-order valence-electron chi connectivity index (χ0n) is 11.2. The smallest absolute Gasteiger partial charge is 0.373 e. The van der Waals surface area contributed by atoms with Crippen LogP contribution in [0, 0.1) is 12.7 Å². The van der Waals surface area contributed by atoms with Crippen LogP contribution in [0.4, 0.5) is 17.6 Å². The summed E-state index contributed by atoms with van der Waals surface area (Å²) >= 11 is 0. The molecule has 0 saturated heterocycles. The van der Waals surface area contributed by atoms with Gasteiger partial charge >= 0.3 is 15.6 Å². The van der Waals surface area contributed by atoms with E-state index >= 15 is 0 Å². The Morgan fingerprint density at radius 3 is 2.48 bits per heavy atom. The maximum atomic E-state index is 14.3. The highest BCUT2D eigenvalue weighted by Crippen LogP contribution is 2.41. The van der Waals surface area contributed by atoms with Gasteiger partial charge in [-0.2, -0.15) is 21.6 Å². The monoisotopic (exact) mass is 327 g/mol. The molecule has 1 atom stereocenters. The fourth-order valence-electron chi connectivity index (χ4n) is 2.33. The van der Waals surface area contributed by atoms with Gasteiger partial charge in [0.05, 0.1) is 0 Å². The average molecular weight is 327 g/mol. The zero-order valence-corrected chi connectivity index (χ0v) is 12.0. The first-order chi connectivity index (χ1) is 9.37. The Bertz CT molecular complexity index is 695. The lowest BCUT2D eigenvalue weighted by molar-refractivity contribution is -0.0501. The average Bonchev–Trinajstić information content (AvgIpc) is 2.59. The van der Waals surface area contributed by atoms with E-state index in [1.165, 1.54) is 13.0 Å². The van der Waals surface area contributed by atoms with Crippen molar-refractivity contribution < 1.29 is 30.2 Å². The van der Waals surface area contributed by atoms with Gasteiger partial charge in [-0.05, 0) is 43.4 Å². The molecule has 0 radical (unpaired) electrons. The third-order valence-corrected chi connectivity index (χ3v) is 4.45. The molecule has 1 aromatic rings. The van der Waals surface area contributed by atoms with Gasteiger partial charge in [0.15, 0.2) is 11.6 Å². The molecule has 2 rings (SSSR count). The fraction of sp³-hybridized carbons (Fsp3) is 0.500. The topological polar surface area (TPSA) is 69.4 Å². The molecule has 9 heteroatoms. The molecule has 1 unspecified atom stereocenters. The van der Waals surface area contributed by atoms with Gasteiger partial charge < -0.3 is 9.92 Å². The molecular formula is C12H13F4NO3S. The summed E-state index contributed by atoms with van der Waals surface area (Å²) in [5.41, 5.74) is 0.0377. The van der Waals surface area contributed by atoms with Gasteiger partial charge in [-0.25, -0.2) is 4.39 Å². The summed E-state index contributed by atoms with van der Waals surface area (Å²) in [4.78, 5) is 0. The van der Waals surface area contributed by atoms with E-state index in [-0.39, 0.29) is 17.5 Å². The highest BCUT2D eigenvalue weighted by atomic mass is 32.2. The van der Waals surface area contributed by atoms with E-state index in [0.29, 0.717) is 12.0 Å². The van der Waals surface area contributed by atoms with Gasteiger partial charge in [-0.3, -0.25) is 0 Å². The second-order valence-electron chi connectivity index (χ2n) is 5.26. The Kier molecular flexibility index (Phi) is 3.49. The van der Waals surface area contributed by atoms with Gasteiger partial charge in [0, 0.05) is 5.54 Å². The van der Waals surface area contributed by atoms with Crippen molar-refractivity contribution in [1.82, 2.24) is 0 Å². The second kappa shape index (κ2) is 4.57. The largest absolute Gasteiger partial charge is 0.534 e. The van der Waals surface area contributed by atoms with Crippen molar-refractivity contribution in [3.63, 3.8) is 0 Å². The lowest BCUT2D eigenvalue weighted by Crippen LogP contribution is -2.30. The molecule has 0 aliphatic heterocycles. The third-order valence-electron chi connectivity index (χ3n) is 3.49. The lowest BCUT2D eigenvalue weighted by Gasteiger charge is -2.21. The summed E-state index contributed by atoms with van der Waals surface area (Å²) in [7, 11) is -5.91. The minimum Gasteiger partial charge on any atom is -0.373 e. The lowest BCUT2D eigenvalue weighted by atomic mass is 9.94. The molecule has 21 heavy (non-hydrogen) atoms. The van der Waals surface area contributed by atoms with Crippen LogP contribution in [0.3, 0.4) is 0 Å². The van der Waals surface area contributed by atoms with Crippen LogP contribution in [-0.4, -0.2) is 13.9 Å². The zero-order chi connectivity index (χ0) is 16.2. The summed E-state index contributed by atoms with van der Waals surface area (Å²) in [5.74, 6) is -2.03. The summed E-state index contributed by atoms with van der Waals surface area (Å²) < 4.78 is 77.2. The number of fused-ring (bicyclic) bond motifs is 1. The number of benzene rings is 1. The minimum atomic E-state index is -5.91. The maximum absolute atomic E-state index is 14.3. The molecule has 0 aromatic heterocycles. The first kappa shape index (κ1) is 16.0. The van der Waals surface area contributed by atoms with Crippen LogP contribution in [0.25, 0.3) is 0 Å². The predicted octanol–water partition coefficient (Wildman–Crippen LogP) is 2.48. The van der Waals surface area contributed by atoms with E-state index in [0.717, 1.165) is 0 Å². The SMILES string of the molecule is Cc1cc2c(c(F)c1OS(=O)(=O)C(F)(F)F)CCC2(C)N. The molecular weight excluding hydrogens is 314 g/mol. The Morgan fingerprint density at radius 1 is 1.38 bits per heavy atom. The van der Waals surface area contributed by atoms with E-state index < -0.39 is 32.7 Å². The van der Waals surface area contributed by atoms with Gasteiger partial charge in [0.2, 0.25) is 0 Å². The first-order valence-corrected chi connectivity index (χ1v) is 7.40. The standard InChI is InChI=1S/C12H13F4NO3S/c1-6-5-8-7(3-4-11(8,2)17)9(13)10(6)20-21(18,19)12(14,15)16/h5H,3-4,17H2,1-2H3. The molecule has 0 fully saturated rings. The normalized spacial score (nSPS) is 22.2. The Labute approximate surface area is 119 Å². The molecule has 1 aliphatic rings. The van der Waals surface area contributed by atoms with Gasteiger partial charge in [0.25, 0.3) is 0 Å². The maximum Gasteiger partial charge on any atom is 0.534 e. The highest BCUT2D eigenvalue weighted by molar-refractivity contribution is 7.88. The van der Waals surface area contributed by atoms with Crippen molar-refractivity contribution in [3.05, 3.63) is 28.6 Å². The number of hydrogen-bond donors (Lipinski definition) is 1. The minimum absolute atomic E-state index is 0.0577. The number of rotatable bonds is 2. The van der Waals surface area contributed by atoms with Gasteiger partial charge in [0.1, 0.15) is 0 Å². The summed E-state index contributed by atoms with van der Waals surface area (Å²) in [6.45, 7) is 2.93. The second-order valence-corrected chi connectivity index (χ2v) is 6.80. The van der Waals surface area contributed by atoms with Crippen molar-refractivity contribution in [2.24, 2.45) is 5.73 Å². The summed E-state index contributed by atoms with van der Waals surface area (Å²) in [6, 6.07) is 1.37. The number of aryl methyl sites for hydroxylation is 1. The fourth-order valence-corrected chi connectivity index (χ4v) is 2.85. The van der Waals surface area contributed by atoms with Crippen LogP contribution in [-0.2, 0) is 22.1 Å². The van der Waals surface area contributed by atoms with E-state index in [4.69, 9.17) is 5.73 Å². The highest BCUT2D eigenvalue weighted by Gasteiger charge is 2.49. The predicted molar refractivity (Wildman–Crippen MR) is 66.6 cm³/mol. The summed E-state index contributed by atoms with van der Waals surface area (Å²) in [5, 5.41) is 0. The molecule has 1 aliphatic carbocycles. The van der Waals surface area contributed by atoms with Crippen LogP contribution >= 0.6 is 0 Å². The van der Waals surface area contributed by atoms with Crippen molar-refractivity contribution in [3.8, 4) is 5.75 Å². The van der Waals surface area contributed by atoms with Gasteiger partial charge in [-0.1, -0.05) is 6.07 Å². The number of alkyl halides is 3. The van der Waals surface area contributed by atoms with E-state index in [2.05, 4.69) is 4.18 Å². The van der Waals surface area contributed by atoms with Crippen molar-refractivity contribution >= 4 is 10.1 Å². The molecule has 0 spiro atoms. The molecule has 4 nitrogen and oxygen atoms in total. The van der Waals surface area contributed by atoms with Crippen LogP contribution in [0.1, 0.15) is 30.0 Å². The van der Waals surface area contributed by atoms with Gasteiger partial charge in [-0.15, -0.1) is 0 Å². The van der Waals surface area contributed by atoms with Crippen LogP contribution < -0.4 is 9.92 Å². The molecule has 0 bridgehead atoms. The first-order valence-electron chi connectivity index (χ1n) is 5.99. The van der Waals surface area contributed by atoms with Crippen molar-refractivity contribution in [2.45, 2.75) is 37.7 Å². The molecule has 2 N–H and O–H groups in total. The van der Waals surface area contributed by atoms with Crippen molar-refractivity contribution in [1.29, 1.82) is 0 Å². The molecule has 1 aromatic carbocycles. The Balaban J connectivity index is 2.55. The number of halogens is 4. The quantitative estimate of drug-likeness (QED) is 0.515. The molecule has 0 saturated carbocycles. The number of hydrogen-bond acceptors (Lipinski definition) is 4. The Morgan fingerprint density at radius 2 is 1.95 bits per heavy atom. The van der Waals surface area contributed by atoms with Crippen LogP contribution in [0.2, 0.25) is 0 Å². The van der Waals surface area contributed by atoms with E-state index in [9.17, 15) is 26.0 Å². The van der Waals surface area contributed by atoms with E-state index in [1.54, 1.807) is 6.92 Å². The van der Waals surface area contributed by atoms with Crippen LogP contribution in [0.15, 0.2) is 6.07 Å². The number of nitrogens with two attached hydrogens (primary N) is 1. The summed E-state index contributed by atoms with van der Waals surface area (Å²) in [6.07, 6.45) is 0.616. The molecule has 118 valence electrons. The third kappa shape index (κ3) is 2.59. The molecule has 0 amide bonds. The van der Waals surface area contributed by atoms with Crippen LogP contribution in [0.5, 0.6) is 5.75 Å². The molecule has 0 heterocycles. The van der Waals surface area contributed by atoms with E-state index in [1.807, 2.05) is 0 Å². The Hall–Kier alpha value is -1.35. The van der Waals surface area contributed by atoms with Crippen molar-refractivity contribution in [2.75, 3.05) is 0 Å².